The molecule has 0 amide bonds. The summed E-state index contributed by atoms with van der Waals surface area (Å²) < 4.78 is 27.3. The molecule has 0 aromatic carbocycles. The van der Waals surface area contributed by atoms with E-state index in [1.165, 1.54) is 10.9 Å². The number of nitrogens with one attached hydrogen (secondary N) is 1. The Balaban J connectivity index is 1.94. The Morgan fingerprint density at radius 2 is 2.17 bits per heavy atom. The largest absolute Gasteiger partial charge is 0.378 e. The van der Waals surface area contributed by atoms with Crippen LogP contribution in [0, 0.1) is 6.92 Å². The summed E-state index contributed by atoms with van der Waals surface area (Å²) in [6, 6.07) is 0. The van der Waals surface area contributed by atoms with Crippen LogP contribution < -0.4 is 5.32 Å². The molecule has 0 saturated carbocycles. The molecule has 0 aliphatic rings. The fraction of sp³-hybridized carbons (Fsp3) is 0.455. The fourth-order valence-electron chi connectivity index (χ4n) is 1.72. The minimum atomic E-state index is -2.39. The van der Waals surface area contributed by atoms with Gasteiger partial charge < -0.3 is 5.32 Å². The summed E-state index contributed by atoms with van der Waals surface area (Å²) in [7, 11) is 1.86. The van der Waals surface area contributed by atoms with Gasteiger partial charge in [-0.05, 0) is 6.92 Å². The Labute approximate surface area is 103 Å². The van der Waals surface area contributed by atoms with E-state index in [4.69, 9.17) is 0 Å². The molecular formula is C11H15F2N5. The normalized spacial score (nSPS) is 11.2. The maximum atomic E-state index is 12.1. The number of anilines is 1. The third kappa shape index (κ3) is 3.06. The maximum Gasteiger partial charge on any atom is 0.257 e. The molecule has 2 rings (SSSR count). The van der Waals surface area contributed by atoms with Crippen LogP contribution in [-0.4, -0.2) is 26.0 Å². The first-order valence-corrected chi connectivity index (χ1v) is 5.58. The SMILES string of the molecule is Cc1nn(C)cc1CNc1cnn(CC(F)F)c1. The van der Waals surface area contributed by atoms with Crippen molar-refractivity contribution in [2.24, 2.45) is 7.05 Å². The lowest BCUT2D eigenvalue weighted by Gasteiger charge is -2.01. The summed E-state index contributed by atoms with van der Waals surface area (Å²) in [4.78, 5) is 0. The molecule has 2 heterocycles. The van der Waals surface area contributed by atoms with E-state index in [1.807, 2.05) is 20.2 Å². The lowest BCUT2D eigenvalue weighted by Crippen LogP contribution is -2.06. The molecule has 0 bridgehead atoms. The van der Waals surface area contributed by atoms with Gasteiger partial charge in [-0.25, -0.2) is 8.78 Å². The van der Waals surface area contributed by atoms with E-state index < -0.39 is 6.43 Å². The molecule has 0 aliphatic carbocycles. The maximum absolute atomic E-state index is 12.1. The molecule has 0 atom stereocenters. The molecule has 5 nitrogen and oxygen atoms in total. The summed E-state index contributed by atoms with van der Waals surface area (Å²) in [6.45, 7) is 2.14. The van der Waals surface area contributed by atoms with Crippen molar-refractivity contribution in [1.82, 2.24) is 19.6 Å². The Bertz CT molecular complexity index is 517. The van der Waals surface area contributed by atoms with Crippen molar-refractivity contribution < 1.29 is 8.78 Å². The standard InChI is InChI=1S/C11H15F2N5/c1-8-9(5-17(2)16-8)3-14-10-4-15-18(6-10)7-11(12)13/h4-6,11,14H,3,7H2,1-2H3. The molecule has 7 heteroatoms. The third-order valence-electron chi connectivity index (χ3n) is 2.56. The molecule has 0 saturated heterocycles. The van der Waals surface area contributed by atoms with Gasteiger partial charge in [0.15, 0.2) is 0 Å². The third-order valence-corrected chi connectivity index (χ3v) is 2.56. The van der Waals surface area contributed by atoms with Crippen LogP contribution in [0.2, 0.25) is 0 Å². The van der Waals surface area contributed by atoms with Crippen molar-refractivity contribution in [2.45, 2.75) is 26.4 Å². The molecule has 0 spiro atoms. The summed E-state index contributed by atoms with van der Waals surface area (Å²) in [5, 5.41) is 11.2. The summed E-state index contributed by atoms with van der Waals surface area (Å²) >= 11 is 0. The monoisotopic (exact) mass is 255 g/mol. The lowest BCUT2D eigenvalue weighted by molar-refractivity contribution is 0.122. The smallest absolute Gasteiger partial charge is 0.257 e. The van der Waals surface area contributed by atoms with E-state index in [1.54, 1.807) is 10.9 Å². The molecular weight excluding hydrogens is 240 g/mol. The summed E-state index contributed by atoms with van der Waals surface area (Å²) in [5.41, 5.74) is 2.74. The van der Waals surface area contributed by atoms with Gasteiger partial charge in [-0.15, -0.1) is 0 Å². The minimum Gasteiger partial charge on any atom is -0.378 e. The number of aromatic nitrogens is 4. The van der Waals surface area contributed by atoms with Gasteiger partial charge in [-0.1, -0.05) is 0 Å². The van der Waals surface area contributed by atoms with Gasteiger partial charge >= 0.3 is 0 Å². The summed E-state index contributed by atoms with van der Waals surface area (Å²) in [5.74, 6) is 0. The number of alkyl halides is 2. The van der Waals surface area contributed by atoms with Gasteiger partial charge in [0.25, 0.3) is 6.43 Å². The first-order valence-electron chi connectivity index (χ1n) is 5.58. The van der Waals surface area contributed by atoms with Gasteiger partial charge in [-0.3, -0.25) is 9.36 Å². The predicted molar refractivity (Wildman–Crippen MR) is 63.5 cm³/mol. The van der Waals surface area contributed by atoms with Crippen molar-refractivity contribution in [1.29, 1.82) is 0 Å². The van der Waals surface area contributed by atoms with E-state index in [9.17, 15) is 8.78 Å². The number of hydrogen-bond donors (Lipinski definition) is 1. The average Bonchev–Trinajstić information content (AvgIpc) is 2.82. The molecule has 0 aliphatic heterocycles. The second-order valence-corrected chi connectivity index (χ2v) is 4.11. The van der Waals surface area contributed by atoms with E-state index >= 15 is 0 Å². The first kappa shape index (κ1) is 12.5. The molecule has 2 aromatic heterocycles. The predicted octanol–water partition coefficient (Wildman–Crippen LogP) is 1.80. The molecule has 1 N–H and O–H groups in total. The van der Waals surface area contributed by atoms with Gasteiger partial charge in [0.05, 0.1) is 17.6 Å². The lowest BCUT2D eigenvalue weighted by atomic mass is 10.2. The molecule has 0 fully saturated rings. The van der Waals surface area contributed by atoms with Crippen LogP contribution in [0.25, 0.3) is 0 Å². The van der Waals surface area contributed by atoms with Crippen molar-refractivity contribution >= 4 is 5.69 Å². The van der Waals surface area contributed by atoms with Crippen LogP contribution in [-0.2, 0) is 20.1 Å². The van der Waals surface area contributed by atoms with Crippen molar-refractivity contribution in [3.05, 3.63) is 29.8 Å². The average molecular weight is 255 g/mol. The van der Waals surface area contributed by atoms with Crippen molar-refractivity contribution in [2.75, 3.05) is 5.32 Å². The molecule has 18 heavy (non-hydrogen) atoms. The number of hydrogen-bond acceptors (Lipinski definition) is 3. The van der Waals surface area contributed by atoms with Gasteiger partial charge in [0.1, 0.15) is 6.54 Å². The highest BCUT2D eigenvalue weighted by Gasteiger charge is 2.06. The van der Waals surface area contributed by atoms with E-state index in [-0.39, 0.29) is 6.54 Å². The van der Waals surface area contributed by atoms with Crippen LogP contribution in [0.4, 0.5) is 14.5 Å². The number of aryl methyl sites for hydroxylation is 2. The zero-order valence-corrected chi connectivity index (χ0v) is 10.3. The number of halogens is 2. The van der Waals surface area contributed by atoms with E-state index in [2.05, 4.69) is 15.5 Å². The quantitative estimate of drug-likeness (QED) is 0.886. The van der Waals surface area contributed by atoms with Crippen LogP contribution in [0.15, 0.2) is 18.6 Å². The van der Waals surface area contributed by atoms with Gasteiger partial charge in [0, 0.05) is 31.5 Å². The Morgan fingerprint density at radius 1 is 1.39 bits per heavy atom. The topological polar surface area (TPSA) is 47.7 Å². The zero-order valence-electron chi connectivity index (χ0n) is 10.3. The van der Waals surface area contributed by atoms with Crippen molar-refractivity contribution in [3.63, 3.8) is 0 Å². The van der Waals surface area contributed by atoms with E-state index in [0.717, 1.165) is 16.9 Å². The zero-order chi connectivity index (χ0) is 13.1. The second-order valence-electron chi connectivity index (χ2n) is 4.11. The summed E-state index contributed by atoms with van der Waals surface area (Å²) in [6.07, 6.45) is 2.64. The Hall–Kier alpha value is -1.92. The highest BCUT2D eigenvalue weighted by Crippen LogP contribution is 2.11. The van der Waals surface area contributed by atoms with Gasteiger partial charge in [-0.2, -0.15) is 10.2 Å². The van der Waals surface area contributed by atoms with Crippen molar-refractivity contribution in [3.8, 4) is 0 Å². The molecule has 98 valence electrons. The minimum absolute atomic E-state index is 0.381. The highest BCUT2D eigenvalue weighted by molar-refractivity contribution is 5.39. The van der Waals surface area contributed by atoms with Crippen LogP contribution in [0.1, 0.15) is 11.3 Å². The first-order chi connectivity index (χ1) is 8.54. The highest BCUT2D eigenvalue weighted by atomic mass is 19.3. The Kier molecular flexibility index (Phi) is 3.59. The van der Waals surface area contributed by atoms with Crippen LogP contribution in [0.5, 0.6) is 0 Å². The number of nitrogens with zero attached hydrogens (tertiary/aromatic N) is 4. The molecule has 0 radical (unpaired) electrons. The second kappa shape index (κ2) is 5.16. The fourth-order valence-corrected chi connectivity index (χ4v) is 1.72. The van der Waals surface area contributed by atoms with Crippen LogP contribution >= 0.6 is 0 Å². The van der Waals surface area contributed by atoms with Crippen LogP contribution in [0.3, 0.4) is 0 Å². The number of rotatable bonds is 5. The Morgan fingerprint density at radius 3 is 2.78 bits per heavy atom. The molecule has 0 unspecified atom stereocenters. The van der Waals surface area contributed by atoms with E-state index in [0.29, 0.717) is 6.54 Å². The molecule has 2 aromatic rings. The van der Waals surface area contributed by atoms with Gasteiger partial charge in [0.2, 0.25) is 0 Å².